The first-order valence-corrected chi connectivity index (χ1v) is 7.76. The van der Waals surface area contributed by atoms with Crippen LogP contribution in [0.3, 0.4) is 0 Å². The molecule has 0 aliphatic carbocycles. The molecule has 0 fully saturated rings. The van der Waals surface area contributed by atoms with E-state index in [1.54, 1.807) is 13.2 Å². The average molecular weight is 316 g/mol. The molecule has 2 N–H and O–H groups in total. The van der Waals surface area contributed by atoms with Gasteiger partial charge in [-0.3, -0.25) is 4.79 Å². The molecular formula is C17H24N4O2. The number of nitrogens with one attached hydrogen (secondary N) is 2. The minimum atomic E-state index is -0.137. The van der Waals surface area contributed by atoms with Crippen LogP contribution in [0.1, 0.15) is 12.5 Å². The molecule has 2 rings (SSSR count). The van der Waals surface area contributed by atoms with Crippen molar-refractivity contribution in [1.29, 1.82) is 0 Å². The van der Waals surface area contributed by atoms with Gasteiger partial charge in [0.2, 0.25) is 0 Å². The van der Waals surface area contributed by atoms with Gasteiger partial charge < -0.3 is 19.9 Å². The van der Waals surface area contributed by atoms with E-state index in [1.807, 2.05) is 36.8 Å². The van der Waals surface area contributed by atoms with Crippen molar-refractivity contribution in [3.05, 3.63) is 48.5 Å². The van der Waals surface area contributed by atoms with E-state index in [-0.39, 0.29) is 12.5 Å². The number of carbonyl (C=O) groups excluding carboxylic acids is 1. The summed E-state index contributed by atoms with van der Waals surface area (Å²) in [5, 5.41) is 5.99. The molecule has 1 atom stereocenters. The smallest absolute Gasteiger partial charge is 0.257 e. The van der Waals surface area contributed by atoms with Crippen LogP contribution in [0.15, 0.2) is 43.0 Å². The molecule has 0 bridgehead atoms. The third-order valence-electron chi connectivity index (χ3n) is 3.50. The number of likely N-dealkylation sites (N-methyl/N-ethyl adjacent to an activating group) is 1. The van der Waals surface area contributed by atoms with Crippen molar-refractivity contribution in [3.8, 4) is 5.75 Å². The lowest BCUT2D eigenvalue weighted by molar-refractivity contribution is -0.122. The van der Waals surface area contributed by atoms with Gasteiger partial charge in [-0.1, -0.05) is 25.1 Å². The highest BCUT2D eigenvalue weighted by Gasteiger charge is 2.07. The van der Waals surface area contributed by atoms with Crippen molar-refractivity contribution >= 4 is 5.91 Å². The fourth-order valence-corrected chi connectivity index (χ4v) is 2.28. The number of aromatic nitrogens is 2. The third-order valence-corrected chi connectivity index (χ3v) is 3.50. The Hall–Kier alpha value is -2.34. The van der Waals surface area contributed by atoms with Crippen LogP contribution in [0.4, 0.5) is 0 Å². The van der Waals surface area contributed by atoms with Crippen molar-refractivity contribution in [3.63, 3.8) is 0 Å². The molecule has 2 aromatic rings. The maximum absolute atomic E-state index is 11.3. The van der Waals surface area contributed by atoms with Gasteiger partial charge in [-0.2, -0.15) is 0 Å². The standard InChI is InChI=1S/C17H24N4O2/c1-14(11-21-8-7-19-13-21)9-20-10-15-5-3-4-6-16(15)23-12-17(22)18-2/h3-8,13-14,20H,9-12H2,1-2H3,(H,18,22)/t14-/m0/s1. The van der Waals surface area contributed by atoms with E-state index in [0.717, 1.165) is 24.4 Å². The quantitative estimate of drug-likeness (QED) is 0.734. The molecule has 6 heteroatoms. The van der Waals surface area contributed by atoms with Crippen LogP contribution in [0.25, 0.3) is 0 Å². The summed E-state index contributed by atoms with van der Waals surface area (Å²) in [4.78, 5) is 15.3. The fraction of sp³-hybridized carbons (Fsp3) is 0.412. The summed E-state index contributed by atoms with van der Waals surface area (Å²) in [6, 6.07) is 7.77. The predicted octanol–water partition coefficient (Wildman–Crippen LogP) is 1.43. The first-order valence-electron chi connectivity index (χ1n) is 7.76. The van der Waals surface area contributed by atoms with E-state index in [9.17, 15) is 4.79 Å². The molecule has 0 aliphatic heterocycles. The molecule has 6 nitrogen and oxygen atoms in total. The van der Waals surface area contributed by atoms with Gasteiger partial charge >= 0.3 is 0 Å². The second-order valence-corrected chi connectivity index (χ2v) is 5.57. The Morgan fingerprint density at radius 2 is 2.22 bits per heavy atom. The maximum Gasteiger partial charge on any atom is 0.257 e. The number of hydrogen-bond donors (Lipinski definition) is 2. The maximum atomic E-state index is 11.3. The number of nitrogens with zero attached hydrogens (tertiary/aromatic N) is 2. The third kappa shape index (κ3) is 5.75. The van der Waals surface area contributed by atoms with Crippen LogP contribution in [-0.2, 0) is 17.9 Å². The Kier molecular flexibility index (Phi) is 6.62. The van der Waals surface area contributed by atoms with E-state index in [1.165, 1.54) is 0 Å². The van der Waals surface area contributed by atoms with Crippen LogP contribution in [0, 0.1) is 5.92 Å². The number of carbonyl (C=O) groups is 1. The highest BCUT2D eigenvalue weighted by molar-refractivity contribution is 5.77. The van der Waals surface area contributed by atoms with Gasteiger partial charge in [-0.25, -0.2) is 4.98 Å². The summed E-state index contributed by atoms with van der Waals surface area (Å²) >= 11 is 0. The van der Waals surface area contributed by atoms with Crippen LogP contribution >= 0.6 is 0 Å². The van der Waals surface area contributed by atoms with Crippen molar-refractivity contribution in [2.45, 2.75) is 20.0 Å². The molecule has 0 saturated carbocycles. The van der Waals surface area contributed by atoms with Crippen molar-refractivity contribution in [1.82, 2.24) is 20.2 Å². The molecule has 124 valence electrons. The number of benzene rings is 1. The molecule has 0 radical (unpaired) electrons. The summed E-state index contributed by atoms with van der Waals surface area (Å²) < 4.78 is 7.64. The number of ether oxygens (including phenoxy) is 1. The van der Waals surface area contributed by atoms with Gasteiger partial charge in [0.05, 0.1) is 6.33 Å². The molecule has 1 aromatic carbocycles. The summed E-state index contributed by atoms with van der Waals surface area (Å²) in [7, 11) is 1.60. The van der Waals surface area contributed by atoms with Gasteiger partial charge in [0, 0.05) is 38.1 Å². The number of rotatable bonds is 9. The van der Waals surface area contributed by atoms with E-state index < -0.39 is 0 Å². The van der Waals surface area contributed by atoms with Crippen LogP contribution in [0.5, 0.6) is 5.75 Å². The lowest BCUT2D eigenvalue weighted by atomic mass is 10.1. The Balaban J connectivity index is 1.79. The Bertz CT molecular complexity index is 598. The molecule has 0 saturated heterocycles. The zero-order valence-corrected chi connectivity index (χ0v) is 13.7. The SMILES string of the molecule is CNC(=O)COc1ccccc1CNC[C@H](C)Cn1ccnc1. The molecule has 1 heterocycles. The zero-order chi connectivity index (χ0) is 16.5. The molecule has 0 spiro atoms. The zero-order valence-electron chi connectivity index (χ0n) is 13.7. The van der Waals surface area contributed by atoms with E-state index in [4.69, 9.17) is 4.74 Å². The summed E-state index contributed by atoms with van der Waals surface area (Å²) in [6.07, 6.45) is 5.59. The van der Waals surface area contributed by atoms with Gasteiger partial charge in [-0.15, -0.1) is 0 Å². The predicted molar refractivity (Wildman–Crippen MR) is 89.1 cm³/mol. The number of para-hydroxylation sites is 1. The normalized spacial score (nSPS) is 11.9. The molecule has 1 aromatic heterocycles. The second kappa shape index (κ2) is 8.95. The number of hydrogen-bond acceptors (Lipinski definition) is 4. The van der Waals surface area contributed by atoms with E-state index >= 15 is 0 Å². The summed E-state index contributed by atoms with van der Waals surface area (Å²) in [5.41, 5.74) is 1.05. The Morgan fingerprint density at radius 3 is 2.96 bits per heavy atom. The van der Waals surface area contributed by atoms with E-state index in [0.29, 0.717) is 12.5 Å². The van der Waals surface area contributed by atoms with E-state index in [2.05, 4.69) is 27.1 Å². The highest BCUT2D eigenvalue weighted by atomic mass is 16.5. The first kappa shape index (κ1) is 17.0. The number of amides is 1. The highest BCUT2D eigenvalue weighted by Crippen LogP contribution is 2.17. The molecule has 23 heavy (non-hydrogen) atoms. The number of imidazole rings is 1. The minimum absolute atomic E-state index is 0.0323. The van der Waals surface area contributed by atoms with Crippen molar-refractivity contribution < 1.29 is 9.53 Å². The monoisotopic (exact) mass is 316 g/mol. The molecular weight excluding hydrogens is 292 g/mol. The van der Waals surface area contributed by atoms with Crippen molar-refractivity contribution in [2.24, 2.45) is 5.92 Å². The largest absolute Gasteiger partial charge is 0.483 e. The fourth-order valence-electron chi connectivity index (χ4n) is 2.28. The van der Waals surface area contributed by atoms with Crippen LogP contribution in [-0.4, -0.2) is 35.7 Å². The van der Waals surface area contributed by atoms with Gasteiger partial charge in [0.1, 0.15) is 5.75 Å². The van der Waals surface area contributed by atoms with Gasteiger partial charge in [-0.05, 0) is 18.5 Å². The molecule has 0 unspecified atom stereocenters. The van der Waals surface area contributed by atoms with Crippen LogP contribution < -0.4 is 15.4 Å². The average Bonchev–Trinajstić information content (AvgIpc) is 3.06. The topological polar surface area (TPSA) is 68.2 Å². The van der Waals surface area contributed by atoms with Crippen LogP contribution in [0.2, 0.25) is 0 Å². The van der Waals surface area contributed by atoms with Gasteiger partial charge in [0.15, 0.2) is 6.61 Å². The second-order valence-electron chi connectivity index (χ2n) is 5.57. The van der Waals surface area contributed by atoms with Crippen molar-refractivity contribution in [2.75, 3.05) is 20.2 Å². The molecule has 1 amide bonds. The lowest BCUT2D eigenvalue weighted by Crippen LogP contribution is -2.26. The Morgan fingerprint density at radius 1 is 1.39 bits per heavy atom. The molecule has 0 aliphatic rings. The summed E-state index contributed by atoms with van der Waals surface area (Å²) in [6.45, 7) is 4.76. The first-order chi connectivity index (χ1) is 11.2. The lowest BCUT2D eigenvalue weighted by Gasteiger charge is -2.15. The Labute approximate surface area is 136 Å². The minimum Gasteiger partial charge on any atom is -0.483 e. The van der Waals surface area contributed by atoms with Gasteiger partial charge in [0.25, 0.3) is 5.91 Å². The summed E-state index contributed by atoms with van der Waals surface area (Å²) in [5.74, 6) is 1.09.